The van der Waals surface area contributed by atoms with Gasteiger partial charge in [-0.15, -0.1) is 11.3 Å². The van der Waals surface area contributed by atoms with E-state index in [2.05, 4.69) is 9.88 Å². The number of amides is 1. The number of carbonyl (C=O) groups excluding carboxylic acids is 1. The Labute approximate surface area is 203 Å². The summed E-state index contributed by atoms with van der Waals surface area (Å²) in [7, 11) is 4.90. The quantitative estimate of drug-likeness (QED) is 0.459. The fourth-order valence-electron chi connectivity index (χ4n) is 3.92. The molecule has 34 heavy (non-hydrogen) atoms. The number of aromatic nitrogens is 1. The molecule has 0 aliphatic carbocycles. The molecule has 1 aromatic heterocycles. The van der Waals surface area contributed by atoms with Crippen LogP contribution < -0.4 is 18.9 Å². The van der Waals surface area contributed by atoms with E-state index in [1.165, 1.54) is 11.3 Å². The average molecular weight is 484 g/mol. The van der Waals surface area contributed by atoms with Crippen LogP contribution in [0.2, 0.25) is 0 Å². The van der Waals surface area contributed by atoms with E-state index in [0.717, 1.165) is 42.4 Å². The van der Waals surface area contributed by atoms with Crippen LogP contribution in [0.3, 0.4) is 0 Å². The van der Waals surface area contributed by atoms with Crippen molar-refractivity contribution in [3.05, 3.63) is 64.1 Å². The Morgan fingerprint density at radius 1 is 0.941 bits per heavy atom. The lowest BCUT2D eigenvalue weighted by Gasteiger charge is -2.35. The number of hydrogen-bond acceptors (Lipinski definition) is 8. The molecule has 2 heterocycles. The summed E-state index contributed by atoms with van der Waals surface area (Å²) in [5.41, 5.74) is 4.28. The normalized spacial score (nSPS) is 14.0. The molecule has 3 aromatic rings. The summed E-state index contributed by atoms with van der Waals surface area (Å²) in [5, 5.41) is 1.94. The van der Waals surface area contributed by atoms with Crippen molar-refractivity contribution < 1.29 is 23.7 Å². The SMILES string of the molecule is COc1ccc(OC)c(CN2CCN(C(=O)c3ccc(OCc4cscn4)c(OC)c3)CC2)c1. The van der Waals surface area contributed by atoms with Gasteiger partial charge in [-0.25, -0.2) is 4.98 Å². The number of rotatable bonds is 9. The standard InChI is InChI=1S/C25H29N3O5S/c1-30-21-5-7-22(31-2)19(12-21)14-27-8-10-28(11-9-27)25(29)18-4-6-23(24(13-18)32-3)33-15-20-16-34-17-26-20/h4-7,12-13,16-17H,8-11,14-15H2,1-3H3. The third kappa shape index (κ3) is 5.60. The van der Waals surface area contributed by atoms with E-state index in [-0.39, 0.29) is 5.91 Å². The molecule has 8 nitrogen and oxygen atoms in total. The molecule has 1 fully saturated rings. The molecule has 0 N–H and O–H groups in total. The first-order valence-corrected chi connectivity index (χ1v) is 12.0. The van der Waals surface area contributed by atoms with Crippen LogP contribution in [-0.4, -0.2) is 68.2 Å². The highest BCUT2D eigenvalue weighted by molar-refractivity contribution is 7.07. The molecule has 1 aliphatic rings. The minimum Gasteiger partial charge on any atom is -0.497 e. The van der Waals surface area contributed by atoms with Crippen molar-refractivity contribution in [3.63, 3.8) is 0 Å². The van der Waals surface area contributed by atoms with Gasteiger partial charge in [-0.1, -0.05) is 0 Å². The van der Waals surface area contributed by atoms with E-state index in [4.69, 9.17) is 18.9 Å². The Morgan fingerprint density at radius 3 is 2.38 bits per heavy atom. The highest BCUT2D eigenvalue weighted by Crippen LogP contribution is 2.30. The summed E-state index contributed by atoms with van der Waals surface area (Å²) < 4.78 is 22.2. The maximum Gasteiger partial charge on any atom is 0.254 e. The Morgan fingerprint density at radius 2 is 1.71 bits per heavy atom. The highest BCUT2D eigenvalue weighted by Gasteiger charge is 2.24. The summed E-state index contributed by atoms with van der Waals surface area (Å²) in [6, 6.07) is 11.1. The molecule has 1 saturated heterocycles. The van der Waals surface area contributed by atoms with E-state index in [9.17, 15) is 4.79 Å². The first-order valence-electron chi connectivity index (χ1n) is 11.0. The fourth-order valence-corrected chi connectivity index (χ4v) is 4.46. The van der Waals surface area contributed by atoms with Crippen molar-refractivity contribution >= 4 is 17.2 Å². The summed E-state index contributed by atoms with van der Waals surface area (Å²) in [5.74, 6) is 2.75. The average Bonchev–Trinajstić information content (AvgIpc) is 3.41. The van der Waals surface area contributed by atoms with E-state index in [0.29, 0.717) is 36.8 Å². The van der Waals surface area contributed by atoms with Gasteiger partial charge in [0, 0.05) is 49.2 Å². The lowest BCUT2D eigenvalue weighted by atomic mass is 10.1. The van der Waals surface area contributed by atoms with Crippen LogP contribution in [0, 0.1) is 0 Å². The highest BCUT2D eigenvalue weighted by atomic mass is 32.1. The van der Waals surface area contributed by atoms with Crippen molar-refractivity contribution in [2.45, 2.75) is 13.2 Å². The number of piperazine rings is 1. The van der Waals surface area contributed by atoms with Crippen LogP contribution in [0.25, 0.3) is 0 Å². The summed E-state index contributed by atoms with van der Waals surface area (Å²) in [6.07, 6.45) is 0. The van der Waals surface area contributed by atoms with Gasteiger partial charge in [0.2, 0.25) is 0 Å². The molecule has 0 spiro atoms. The minimum absolute atomic E-state index is 0.0111. The molecule has 0 unspecified atom stereocenters. The molecule has 180 valence electrons. The van der Waals surface area contributed by atoms with E-state index in [1.54, 1.807) is 45.0 Å². The fraction of sp³-hybridized carbons (Fsp3) is 0.360. The molecular formula is C25H29N3O5S. The topological polar surface area (TPSA) is 73.4 Å². The zero-order chi connectivity index (χ0) is 23.9. The zero-order valence-electron chi connectivity index (χ0n) is 19.7. The molecule has 2 aromatic carbocycles. The summed E-state index contributed by atoms with van der Waals surface area (Å²) in [6.45, 7) is 3.94. The van der Waals surface area contributed by atoms with E-state index >= 15 is 0 Å². The molecule has 0 atom stereocenters. The monoisotopic (exact) mass is 483 g/mol. The van der Waals surface area contributed by atoms with Crippen LogP contribution in [0.5, 0.6) is 23.0 Å². The van der Waals surface area contributed by atoms with Crippen molar-refractivity contribution in [2.24, 2.45) is 0 Å². The first kappa shape index (κ1) is 23.8. The van der Waals surface area contributed by atoms with Gasteiger partial charge in [0.25, 0.3) is 5.91 Å². The van der Waals surface area contributed by atoms with Crippen LogP contribution in [0.4, 0.5) is 0 Å². The van der Waals surface area contributed by atoms with Gasteiger partial charge >= 0.3 is 0 Å². The smallest absolute Gasteiger partial charge is 0.254 e. The Kier molecular flexibility index (Phi) is 7.87. The maximum atomic E-state index is 13.1. The van der Waals surface area contributed by atoms with Gasteiger partial charge in [-0.3, -0.25) is 9.69 Å². The first-order chi connectivity index (χ1) is 16.6. The second-order valence-electron chi connectivity index (χ2n) is 7.88. The van der Waals surface area contributed by atoms with Gasteiger partial charge in [-0.05, 0) is 36.4 Å². The number of methoxy groups -OCH3 is 3. The Hall–Kier alpha value is -3.30. The lowest BCUT2D eigenvalue weighted by Crippen LogP contribution is -2.48. The minimum atomic E-state index is -0.0111. The van der Waals surface area contributed by atoms with Crippen LogP contribution >= 0.6 is 11.3 Å². The van der Waals surface area contributed by atoms with Crippen LogP contribution in [-0.2, 0) is 13.2 Å². The number of ether oxygens (including phenoxy) is 4. The molecule has 0 saturated carbocycles. The maximum absolute atomic E-state index is 13.1. The van der Waals surface area contributed by atoms with Gasteiger partial charge in [-0.2, -0.15) is 0 Å². The van der Waals surface area contributed by atoms with Crippen molar-refractivity contribution in [1.29, 1.82) is 0 Å². The predicted molar refractivity (Wildman–Crippen MR) is 130 cm³/mol. The van der Waals surface area contributed by atoms with E-state index in [1.807, 2.05) is 28.5 Å². The molecule has 0 bridgehead atoms. The largest absolute Gasteiger partial charge is 0.497 e. The van der Waals surface area contributed by atoms with Crippen LogP contribution in [0.15, 0.2) is 47.3 Å². The zero-order valence-corrected chi connectivity index (χ0v) is 20.5. The molecular weight excluding hydrogens is 454 g/mol. The Bertz CT molecular complexity index is 1100. The van der Waals surface area contributed by atoms with Crippen LogP contribution in [0.1, 0.15) is 21.6 Å². The Balaban J connectivity index is 1.36. The molecule has 1 amide bonds. The van der Waals surface area contributed by atoms with E-state index < -0.39 is 0 Å². The third-order valence-corrected chi connectivity index (χ3v) is 6.45. The lowest BCUT2D eigenvalue weighted by molar-refractivity contribution is 0.0627. The molecule has 9 heteroatoms. The van der Waals surface area contributed by atoms with Gasteiger partial charge < -0.3 is 23.8 Å². The molecule has 1 aliphatic heterocycles. The van der Waals surface area contributed by atoms with Gasteiger partial charge in [0.15, 0.2) is 11.5 Å². The number of hydrogen-bond donors (Lipinski definition) is 0. The number of nitrogens with zero attached hydrogens (tertiary/aromatic N) is 3. The summed E-state index contributed by atoms with van der Waals surface area (Å²) >= 11 is 1.52. The van der Waals surface area contributed by atoms with Crippen molar-refractivity contribution in [2.75, 3.05) is 47.5 Å². The number of carbonyl (C=O) groups is 1. The van der Waals surface area contributed by atoms with Gasteiger partial charge in [0.05, 0.1) is 32.5 Å². The van der Waals surface area contributed by atoms with Crippen molar-refractivity contribution in [3.8, 4) is 23.0 Å². The number of thiazole rings is 1. The number of benzene rings is 2. The third-order valence-electron chi connectivity index (χ3n) is 5.81. The second kappa shape index (κ2) is 11.2. The molecule has 0 radical (unpaired) electrons. The molecule has 4 rings (SSSR count). The predicted octanol–water partition coefficient (Wildman–Crippen LogP) is 3.71. The second-order valence-corrected chi connectivity index (χ2v) is 8.60. The van der Waals surface area contributed by atoms with Crippen molar-refractivity contribution in [1.82, 2.24) is 14.8 Å². The summed E-state index contributed by atoms with van der Waals surface area (Å²) in [4.78, 5) is 21.6. The van der Waals surface area contributed by atoms with Gasteiger partial charge in [0.1, 0.15) is 18.1 Å².